The van der Waals surface area contributed by atoms with Gasteiger partial charge in [0.2, 0.25) is 0 Å². The minimum absolute atomic E-state index is 0.138. The van der Waals surface area contributed by atoms with E-state index in [2.05, 4.69) is 34.3 Å². The summed E-state index contributed by atoms with van der Waals surface area (Å²) in [6.07, 6.45) is 5.02. The average Bonchev–Trinajstić information content (AvgIpc) is 3.06. The van der Waals surface area contributed by atoms with Crippen LogP contribution in [-0.4, -0.2) is 15.1 Å². The number of imidazole rings is 1. The number of para-hydroxylation sites is 1. The van der Waals surface area contributed by atoms with Gasteiger partial charge in [0.15, 0.2) is 0 Å². The van der Waals surface area contributed by atoms with Gasteiger partial charge in [0, 0.05) is 12.1 Å². The third-order valence-electron chi connectivity index (χ3n) is 5.75. The first kappa shape index (κ1) is 17.8. The Labute approximate surface area is 160 Å². The standard InChI is InChI=1S/C23H27N3O/c1-16-8-6-11-19(15-24-14-18-9-4-3-5-10-18)23(16,27)20-12-7-13-21-22(20)26-17(2)25-21/h3-5,7,9-10,12-13,15-16,24,27H,6,8,11,14H2,1-2H3,(H,25,26)/b19-15+. The zero-order chi connectivity index (χ0) is 18.9. The fourth-order valence-corrected chi connectivity index (χ4v) is 4.29. The maximum absolute atomic E-state index is 11.9. The molecule has 1 saturated carbocycles. The van der Waals surface area contributed by atoms with Gasteiger partial charge in [-0.05, 0) is 55.5 Å². The minimum atomic E-state index is -0.997. The van der Waals surface area contributed by atoms with Crippen molar-refractivity contribution in [3.63, 3.8) is 0 Å². The van der Waals surface area contributed by atoms with Gasteiger partial charge in [-0.25, -0.2) is 4.98 Å². The lowest BCUT2D eigenvalue weighted by Gasteiger charge is -2.41. The second-order valence-electron chi connectivity index (χ2n) is 7.62. The number of H-pyrrole nitrogens is 1. The van der Waals surface area contributed by atoms with Crippen LogP contribution in [0, 0.1) is 12.8 Å². The quantitative estimate of drug-likeness (QED) is 0.639. The molecule has 0 saturated heterocycles. The molecule has 27 heavy (non-hydrogen) atoms. The number of rotatable bonds is 4. The smallest absolute Gasteiger partial charge is 0.117 e. The lowest BCUT2D eigenvalue weighted by molar-refractivity contribution is 0.000164. The van der Waals surface area contributed by atoms with Crippen molar-refractivity contribution in [3.05, 3.63) is 77.3 Å². The highest BCUT2D eigenvalue weighted by molar-refractivity contribution is 5.80. The summed E-state index contributed by atoms with van der Waals surface area (Å²) in [5.41, 5.74) is 4.04. The molecule has 1 aromatic heterocycles. The van der Waals surface area contributed by atoms with Gasteiger partial charge in [0.05, 0.1) is 11.0 Å². The molecular weight excluding hydrogens is 334 g/mol. The Morgan fingerprint density at radius 1 is 1.22 bits per heavy atom. The van der Waals surface area contributed by atoms with E-state index in [9.17, 15) is 5.11 Å². The Morgan fingerprint density at radius 3 is 2.85 bits per heavy atom. The Morgan fingerprint density at radius 2 is 2.04 bits per heavy atom. The highest BCUT2D eigenvalue weighted by atomic mass is 16.3. The van der Waals surface area contributed by atoms with Gasteiger partial charge in [-0.2, -0.15) is 0 Å². The summed E-state index contributed by atoms with van der Waals surface area (Å²) in [4.78, 5) is 7.96. The van der Waals surface area contributed by atoms with Crippen LogP contribution in [0.25, 0.3) is 11.0 Å². The fraction of sp³-hybridized carbons (Fsp3) is 0.348. The molecule has 0 bridgehead atoms. The molecule has 4 rings (SSSR count). The van der Waals surface area contributed by atoms with E-state index >= 15 is 0 Å². The largest absolute Gasteiger partial charge is 0.387 e. The van der Waals surface area contributed by atoms with Crippen molar-refractivity contribution >= 4 is 11.0 Å². The molecule has 3 N–H and O–H groups in total. The van der Waals surface area contributed by atoms with E-state index in [0.29, 0.717) is 0 Å². The molecule has 3 aromatic rings. The summed E-state index contributed by atoms with van der Waals surface area (Å²) in [7, 11) is 0. The minimum Gasteiger partial charge on any atom is -0.387 e. The van der Waals surface area contributed by atoms with Crippen LogP contribution in [0.2, 0.25) is 0 Å². The molecule has 0 amide bonds. The van der Waals surface area contributed by atoms with Crippen molar-refractivity contribution in [3.8, 4) is 0 Å². The number of nitrogens with zero attached hydrogens (tertiary/aromatic N) is 1. The number of benzene rings is 2. The van der Waals surface area contributed by atoms with Crippen LogP contribution in [0.15, 0.2) is 60.3 Å². The predicted molar refractivity (Wildman–Crippen MR) is 109 cm³/mol. The van der Waals surface area contributed by atoms with Crippen LogP contribution in [0.5, 0.6) is 0 Å². The first-order chi connectivity index (χ1) is 13.1. The second-order valence-corrected chi connectivity index (χ2v) is 7.62. The SMILES string of the molecule is Cc1nc2c(C3(O)/C(=C/NCc4ccccc4)CCCC3C)cccc2[nH]1. The predicted octanol–water partition coefficient (Wildman–Crippen LogP) is 4.55. The molecule has 1 fully saturated rings. The van der Waals surface area contributed by atoms with Crippen molar-refractivity contribution < 1.29 is 5.11 Å². The number of aromatic nitrogens is 2. The average molecular weight is 361 g/mol. The van der Waals surface area contributed by atoms with Crippen molar-refractivity contribution in [2.24, 2.45) is 5.92 Å². The monoisotopic (exact) mass is 361 g/mol. The van der Waals surface area contributed by atoms with Crippen molar-refractivity contribution in [1.29, 1.82) is 0 Å². The van der Waals surface area contributed by atoms with Crippen molar-refractivity contribution in [1.82, 2.24) is 15.3 Å². The Kier molecular flexibility index (Phi) is 4.75. The molecule has 1 aliphatic rings. The third kappa shape index (κ3) is 3.26. The highest BCUT2D eigenvalue weighted by Crippen LogP contribution is 2.46. The molecule has 0 aliphatic heterocycles. The Bertz CT molecular complexity index is 960. The maximum Gasteiger partial charge on any atom is 0.117 e. The molecule has 2 aromatic carbocycles. The number of nitrogens with one attached hydrogen (secondary N) is 2. The van der Waals surface area contributed by atoms with Gasteiger partial charge in [-0.1, -0.05) is 49.4 Å². The van der Waals surface area contributed by atoms with Crippen LogP contribution in [0.4, 0.5) is 0 Å². The van der Waals surface area contributed by atoms with Gasteiger partial charge in [-0.15, -0.1) is 0 Å². The van der Waals surface area contributed by atoms with E-state index in [1.54, 1.807) is 0 Å². The molecule has 2 atom stereocenters. The number of aryl methyl sites for hydroxylation is 1. The van der Waals surface area contributed by atoms with Crippen LogP contribution in [-0.2, 0) is 12.1 Å². The molecular formula is C23H27N3O. The summed E-state index contributed by atoms with van der Waals surface area (Å²) in [6, 6.07) is 16.4. The summed E-state index contributed by atoms with van der Waals surface area (Å²) in [5, 5.41) is 15.3. The lowest BCUT2D eigenvalue weighted by Crippen LogP contribution is -2.39. The van der Waals surface area contributed by atoms with E-state index in [1.165, 1.54) is 5.56 Å². The molecule has 2 unspecified atom stereocenters. The number of hydrogen-bond acceptors (Lipinski definition) is 3. The van der Waals surface area contributed by atoms with E-state index in [-0.39, 0.29) is 5.92 Å². The van der Waals surface area contributed by atoms with E-state index in [4.69, 9.17) is 0 Å². The van der Waals surface area contributed by atoms with Crippen LogP contribution in [0.1, 0.15) is 43.1 Å². The first-order valence-corrected chi connectivity index (χ1v) is 9.74. The van der Waals surface area contributed by atoms with Gasteiger partial charge >= 0.3 is 0 Å². The fourth-order valence-electron chi connectivity index (χ4n) is 4.29. The molecule has 4 nitrogen and oxygen atoms in total. The lowest BCUT2D eigenvalue weighted by atomic mass is 9.69. The number of fused-ring (bicyclic) bond motifs is 1. The summed E-state index contributed by atoms with van der Waals surface area (Å²) in [5.74, 6) is 1.01. The molecule has 0 radical (unpaired) electrons. The molecule has 4 heteroatoms. The topological polar surface area (TPSA) is 60.9 Å². The highest BCUT2D eigenvalue weighted by Gasteiger charge is 2.43. The van der Waals surface area contributed by atoms with Crippen LogP contribution < -0.4 is 5.32 Å². The molecule has 0 spiro atoms. The van der Waals surface area contributed by atoms with E-state index in [0.717, 1.165) is 53.8 Å². The van der Waals surface area contributed by atoms with Gasteiger partial charge in [0.25, 0.3) is 0 Å². The van der Waals surface area contributed by atoms with E-state index < -0.39 is 5.60 Å². The zero-order valence-electron chi connectivity index (χ0n) is 16.0. The second kappa shape index (κ2) is 7.20. The normalized spacial score (nSPS) is 24.4. The molecule has 140 valence electrons. The number of aromatic amines is 1. The Balaban J connectivity index is 1.70. The molecule has 1 aliphatic carbocycles. The molecule has 1 heterocycles. The third-order valence-corrected chi connectivity index (χ3v) is 5.75. The summed E-state index contributed by atoms with van der Waals surface area (Å²) in [6.45, 7) is 4.85. The number of aliphatic hydroxyl groups is 1. The van der Waals surface area contributed by atoms with Crippen LogP contribution in [0.3, 0.4) is 0 Å². The summed E-state index contributed by atoms with van der Waals surface area (Å²) >= 11 is 0. The van der Waals surface area contributed by atoms with Gasteiger partial charge < -0.3 is 15.4 Å². The van der Waals surface area contributed by atoms with Crippen molar-refractivity contribution in [2.75, 3.05) is 0 Å². The zero-order valence-corrected chi connectivity index (χ0v) is 16.0. The number of hydrogen-bond donors (Lipinski definition) is 3. The summed E-state index contributed by atoms with van der Waals surface area (Å²) < 4.78 is 0. The van der Waals surface area contributed by atoms with Gasteiger partial charge in [-0.3, -0.25) is 0 Å². The van der Waals surface area contributed by atoms with E-state index in [1.807, 2.05) is 49.5 Å². The maximum atomic E-state index is 11.9. The first-order valence-electron chi connectivity index (χ1n) is 9.74. The van der Waals surface area contributed by atoms with Gasteiger partial charge in [0.1, 0.15) is 11.4 Å². The Hall–Kier alpha value is -2.59. The van der Waals surface area contributed by atoms with Crippen molar-refractivity contribution in [2.45, 2.75) is 45.3 Å². The van der Waals surface area contributed by atoms with Crippen LogP contribution >= 0.6 is 0 Å².